The lowest BCUT2D eigenvalue weighted by Crippen LogP contribution is -2.32. The summed E-state index contributed by atoms with van der Waals surface area (Å²) in [5.74, 6) is -0.907. The first-order valence-electron chi connectivity index (χ1n) is 12.3. The Kier molecular flexibility index (Phi) is 9.16. The molecule has 0 radical (unpaired) electrons. The maximum Gasteiger partial charge on any atom is 0.416 e. The number of aliphatic hydroxyl groups is 1. The van der Waals surface area contributed by atoms with Crippen molar-refractivity contribution >= 4 is 11.8 Å². The van der Waals surface area contributed by atoms with Crippen LogP contribution in [0, 0.1) is 0 Å². The van der Waals surface area contributed by atoms with Crippen LogP contribution >= 0.6 is 0 Å². The molecule has 210 valence electrons. The lowest BCUT2D eigenvalue weighted by Gasteiger charge is -2.21. The van der Waals surface area contributed by atoms with E-state index in [-0.39, 0.29) is 43.3 Å². The van der Waals surface area contributed by atoms with Crippen molar-refractivity contribution in [3.63, 3.8) is 0 Å². The highest BCUT2D eigenvalue weighted by Crippen LogP contribution is 2.29. The lowest BCUT2D eigenvalue weighted by atomic mass is 10.1. The molecule has 12 nitrogen and oxygen atoms in total. The number of hydrogen-bond donors (Lipinski definition) is 3. The summed E-state index contributed by atoms with van der Waals surface area (Å²) in [6.07, 6.45) is 0.353. The Hall–Kier alpha value is -4.66. The summed E-state index contributed by atoms with van der Waals surface area (Å²) < 4.78 is 40.9. The van der Waals surface area contributed by atoms with Gasteiger partial charge >= 0.3 is 6.18 Å². The number of aryl methyl sites for hydroxylation is 1. The number of nitrogens with zero attached hydrogens (tertiary/aromatic N) is 7. The molecule has 0 saturated heterocycles. The van der Waals surface area contributed by atoms with E-state index >= 15 is 0 Å². The second kappa shape index (κ2) is 12.9. The molecule has 0 atom stereocenters. The molecule has 4 aromatic rings. The molecule has 0 unspecified atom stereocenters. The molecular formula is C25H26F3N9O3. The number of H-pyrrole nitrogens is 1. The van der Waals surface area contributed by atoms with Crippen LogP contribution in [0.15, 0.2) is 55.0 Å². The molecule has 1 aromatic carbocycles. The molecule has 3 N–H and O–H groups in total. The monoisotopic (exact) mass is 557 g/mol. The van der Waals surface area contributed by atoms with Crippen LogP contribution in [0.1, 0.15) is 56.2 Å². The van der Waals surface area contributed by atoms with Crippen LogP contribution in [0.5, 0.6) is 0 Å². The molecule has 0 spiro atoms. The van der Waals surface area contributed by atoms with E-state index in [1.807, 2.05) is 6.07 Å². The number of carbonyl (C=O) groups excluding carboxylic acids is 2. The Morgan fingerprint density at radius 1 is 1.07 bits per heavy atom. The van der Waals surface area contributed by atoms with Crippen molar-refractivity contribution in [2.75, 3.05) is 6.54 Å². The molecule has 0 fully saturated rings. The van der Waals surface area contributed by atoms with E-state index < -0.39 is 23.6 Å². The van der Waals surface area contributed by atoms with Gasteiger partial charge in [0.1, 0.15) is 0 Å². The average molecular weight is 558 g/mol. The van der Waals surface area contributed by atoms with Gasteiger partial charge in [0, 0.05) is 25.8 Å². The topological polar surface area (TPSA) is 155 Å². The average Bonchev–Trinajstić information content (AvgIpc) is 3.66. The Morgan fingerprint density at radius 3 is 2.65 bits per heavy atom. The summed E-state index contributed by atoms with van der Waals surface area (Å²) in [4.78, 5) is 30.7. The van der Waals surface area contributed by atoms with E-state index in [1.165, 1.54) is 22.0 Å². The van der Waals surface area contributed by atoms with Gasteiger partial charge in [0.2, 0.25) is 0 Å². The second-order valence-corrected chi connectivity index (χ2v) is 8.85. The molecular weight excluding hydrogens is 531 g/mol. The van der Waals surface area contributed by atoms with Gasteiger partial charge in [-0.3, -0.25) is 24.4 Å². The summed E-state index contributed by atoms with van der Waals surface area (Å²) >= 11 is 0. The fourth-order valence-corrected chi connectivity index (χ4v) is 3.86. The summed E-state index contributed by atoms with van der Waals surface area (Å²) in [7, 11) is 0. The van der Waals surface area contributed by atoms with Crippen molar-refractivity contribution in [2.45, 2.75) is 45.3 Å². The zero-order valence-corrected chi connectivity index (χ0v) is 21.2. The van der Waals surface area contributed by atoms with Crippen molar-refractivity contribution in [2.24, 2.45) is 0 Å². The van der Waals surface area contributed by atoms with Crippen molar-refractivity contribution in [3.8, 4) is 0 Å². The number of pyridine rings is 1. The number of halogens is 3. The highest BCUT2D eigenvalue weighted by atomic mass is 19.4. The van der Waals surface area contributed by atoms with Crippen molar-refractivity contribution in [3.05, 3.63) is 88.8 Å². The Balaban J connectivity index is 1.31. The number of benzene rings is 1. The van der Waals surface area contributed by atoms with Crippen molar-refractivity contribution in [1.82, 2.24) is 45.6 Å². The highest BCUT2D eigenvalue weighted by molar-refractivity contribution is 5.92. The van der Waals surface area contributed by atoms with Gasteiger partial charge in [-0.1, -0.05) is 34.7 Å². The number of aliphatic hydroxyl groups excluding tert-OH is 1. The zero-order valence-electron chi connectivity index (χ0n) is 21.2. The third-order valence-corrected chi connectivity index (χ3v) is 5.88. The number of carbonyl (C=O) groups is 2. The van der Waals surface area contributed by atoms with Crippen LogP contribution in [0.3, 0.4) is 0 Å². The van der Waals surface area contributed by atoms with Crippen LogP contribution in [0.25, 0.3) is 0 Å². The van der Waals surface area contributed by atoms with Gasteiger partial charge in [-0.15, -0.1) is 10.2 Å². The predicted octanol–water partition coefficient (Wildman–Crippen LogP) is 2.36. The van der Waals surface area contributed by atoms with E-state index in [2.05, 4.69) is 36.0 Å². The van der Waals surface area contributed by atoms with Gasteiger partial charge in [0.05, 0.1) is 36.8 Å². The summed E-state index contributed by atoms with van der Waals surface area (Å²) in [6, 6.07) is 8.97. The third-order valence-electron chi connectivity index (χ3n) is 5.88. The molecule has 2 amide bonds. The highest BCUT2D eigenvalue weighted by Gasteiger charge is 2.31. The molecule has 0 aliphatic rings. The predicted molar refractivity (Wildman–Crippen MR) is 133 cm³/mol. The number of rotatable bonds is 12. The number of aromatic nitrogens is 7. The van der Waals surface area contributed by atoms with E-state index in [0.717, 1.165) is 29.5 Å². The first-order valence-corrected chi connectivity index (χ1v) is 12.3. The minimum atomic E-state index is -4.53. The molecule has 0 bridgehead atoms. The van der Waals surface area contributed by atoms with Crippen molar-refractivity contribution < 1.29 is 27.9 Å². The van der Waals surface area contributed by atoms with Crippen LogP contribution < -0.4 is 5.32 Å². The first kappa shape index (κ1) is 28.4. The maximum atomic E-state index is 13.1. The summed E-state index contributed by atoms with van der Waals surface area (Å²) in [6.45, 7) is 0.621. The van der Waals surface area contributed by atoms with Gasteiger partial charge in [0.15, 0.2) is 11.4 Å². The summed E-state index contributed by atoms with van der Waals surface area (Å²) in [5.41, 5.74) is 0.971. The van der Waals surface area contributed by atoms with Gasteiger partial charge in [-0.25, -0.2) is 0 Å². The largest absolute Gasteiger partial charge is 0.416 e. The Morgan fingerprint density at radius 2 is 1.90 bits per heavy atom. The number of amides is 2. The fraction of sp³-hybridized carbons (Fsp3) is 0.320. The number of nitrogens with one attached hydrogen (secondary N) is 2. The zero-order chi connectivity index (χ0) is 28.5. The smallest absolute Gasteiger partial charge is 0.392 e. The molecule has 4 rings (SSSR count). The number of hydrogen-bond acceptors (Lipinski definition) is 8. The van der Waals surface area contributed by atoms with E-state index in [4.69, 9.17) is 0 Å². The molecule has 40 heavy (non-hydrogen) atoms. The normalized spacial score (nSPS) is 11.4. The first-order chi connectivity index (χ1) is 19.2. The minimum Gasteiger partial charge on any atom is -0.392 e. The Labute approximate surface area is 226 Å². The van der Waals surface area contributed by atoms with Crippen LogP contribution in [0.4, 0.5) is 13.2 Å². The van der Waals surface area contributed by atoms with Crippen LogP contribution in [-0.4, -0.2) is 63.8 Å². The second-order valence-electron chi connectivity index (χ2n) is 8.85. The van der Waals surface area contributed by atoms with E-state index in [0.29, 0.717) is 19.4 Å². The minimum absolute atomic E-state index is 0.0296. The van der Waals surface area contributed by atoms with Gasteiger partial charge in [-0.2, -0.15) is 13.2 Å². The quantitative estimate of drug-likeness (QED) is 0.224. The summed E-state index contributed by atoms with van der Waals surface area (Å²) in [5, 5.41) is 29.5. The van der Waals surface area contributed by atoms with E-state index in [9.17, 15) is 27.9 Å². The fourth-order valence-electron chi connectivity index (χ4n) is 3.86. The standard InChI is InChI=1S/C25H26F3N9O3/c26-25(27,28)19-6-7-29-20(11-19)14-36(24(40)21-13-31-34-32-21)8-1-2-9-37-15-22(33-35-37)23(39)30-12-17-4-3-5-18(10-17)16-38/h3-7,10-11,13,15,38H,1-2,8-9,12,14,16H2,(H,30,39)(H,31,32,34). The molecule has 0 aliphatic carbocycles. The molecule has 15 heteroatoms. The number of unbranched alkanes of at least 4 members (excludes halogenated alkanes) is 1. The van der Waals surface area contributed by atoms with Crippen molar-refractivity contribution in [1.29, 1.82) is 0 Å². The Bertz CT molecular complexity index is 1420. The van der Waals surface area contributed by atoms with Gasteiger partial charge in [-0.05, 0) is 36.1 Å². The van der Waals surface area contributed by atoms with E-state index in [1.54, 1.807) is 18.2 Å². The molecule has 3 aromatic heterocycles. The van der Waals surface area contributed by atoms with Crippen LogP contribution in [0.2, 0.25) is 0 Å². The van der Waals surface area contributed by atoms with Crippen LogP contribution in [-0.2, 0) is 32.4 Å². The number of aromatic amines is 1. The SMILES string of the molecule is O=C(NCc1cccc(CO)c1)c1cn(CCCCN(Cc2cc(C(F)(F)F)ccn2)C(=O)c2c[nH]nn2)nn1. The maximum absolute atomic E-state index is 13.1. The molecule has 3 heterocycles. The number of alkyl halides is 3. The van der Waals surface area contributed by atoms with Gasteiger partial charge in [0.25, 0.3) is 11.8 Å². The molecule has 0 aliphatic heterocycles. The van der Waals surface area contributed by atoms with Gasteiger partial charge < -0.3 is 15.3 Å². The lowest BCUT2D eigenvalue weighted by molar-refractivity contribution is -0.137. The molecule has 0 saturated carbocycles. The third kappa shape index (κ3) is 7.69.